The highest BCUT2D eigenvalue weighted by molar-refractivity contribution is 5.78. The van der Waals surface area contributed by atoms with E-state index in [1.807, 2.05) is 33.8 Å². The SMILES string of the molecule is CCNCC(=O)NC(C)c1cc(C)oc1C. The van der Waals surface area contributed by atoms with Crippen LogP contribution in [-0.2, 0) is 4.79 Å². The minimum atomic E-state index is -0.0105. The number of rotatable bonds is 5. The average Bonchev–Trinajstić information content (AvgIpc) is 2.54. The minimum Gasteiger partial charge on any atom is -0.466 e. The molecule has 0 saturated heterocycles. The second-order valence-electron chi connectivity index (χ2n) is 3.94. The van der Waals surface area contributed by atoms with E-state index in [4.69, 9.17) is 4.42 Å². The predicted molar refractivity (Wildman–Crippen MR) is 63.3 cm³/mol. The molecule has 0 aliphatic heterocycles. The highest BCUT2D eigenvalue weighted by Crippen LogP contribution is 2.20. The van der Waals surface area contributed by atoms with Crippen LogP contribution in [0.15, 0.2) is 10.5 Å². The first-order valence-electron chi connectivity index (χ1n) is 5.61. The average molecular weight is 224 g/mol. The fourth-order valence-electron chi connectivity index (χ4n) is 1.69. The van der Waals surface area contributed by atoms with Gasteiger partial charge in [-0.2, -0.15) is 0 Å². The van der Waals surface area contributed by atoms with Crippen molar-refractivity contribution in [2.45, 2.75) is 33.7 Å². The van der Waals surface area contributed by atoms with Gasteiger partial charge in [-0.15, -0.1) is 0 Å². The van der Waals surface area contributed by atoms with Crippen molar-refractivity contribution in [1.82, 2.24) is 10.6 Å². The number of likely N-dealkylation sites (N-methyl/N-ethyl adjacent to an activating group) is 1. The number of carbonyl (C=O) groups excluding carboxylic acids is 1. The standard InChI is InChI=1S/C12H20N2O2/c1-5-13-7-12(15)14-9(3)11-6-8(2)16-10(11)4/h6,9,13H,5,7H2,1-4H3,(H,14,15). The lowest BCUT2D eigenvalue weighted by molar-refractivity contribution is -0.120. The summed E-state index contributed by atoms with van der Waals surface area (Å²) < 4.78 is 5.43. The lowest BCUT2D eigenvalue weighted by Crippen LogP contribution is -2.35. The van der Waals surface area contributed by atoms with Crippen molar-refractivity contribution in [2.75, 3.05) is 13.1 Å². The zero-order chi connectivity index (χ0) is 12.1. The monoisotopic (exact) mass is 224 g/mol. The topological polar surface area (TPSA) is 54.3 Å². The van der Waals surface area contributed by atoms with E-state index in [1.165, 1.54) is 0 Å². The molecule has 1 amide bonds. The first-order chi connectivity index (χ1) is 7.54. The Bertz CT molecular complexity index is 358. The van der Waals surface area contributed by atoms with Gasteiger partial charge in [0.15, 0.2) is 0 Å². The highest BCUT2D eigenvalue weighted by Gasteiger charge is 2.14. The minimum absolute atomic E-state index is 0.00704. The van der Waals surface area contributed by atoms with Gasteiger partial charge >= 0.3 is 0 Å². The molecule has 16 heavy (non-hydrogen) atoms. The molecule has 4 heteroatoms. The Morgan fingerprint density at radius 2 is 2.19 bits per heavy atom. The van der Waals surface area contributed by atoms with Crippen LogP contribution in [0.25, 0.3) is 0 Å². The fourth-order valence-corrected chi connectivity index (χ4v) is 1.69. The Balaban J connectivity index is 2.55. The van der Waals surface area contributed by atoms with Crippen LogP contribution in [0.3, 0.4) is 0 Å². The normalized spacial score (nSPS) is 12.5. The summed E-state index contributed by atoms with van der Waals surface area (Å²) in [6.07, 6.45) is 0. The van der Waals surface area contributed by atoms with Crippen molar-refractivity contribution in [3.63, 3.8) is 0 Å². The van der Waals surface area contributed by atoms with Crippen LogP contribution in [0.5, 0.6) is 0 Å². The number of aryl methyl sites for hydroxylation is 2. The lowest BCUT2D eigenvalue weighted by atomic mass is 10.1. The number of amides is 1. The van der Waals surface area contributed by atoms with Gasteiger partial charge in [0.2, 0.25) is 5.91 Å². The Morgan fingerprint density at radius 3 is 2.69 bits per heavy atom. The maximum absolute atomic E-state index is 11.5. The van der Waals surface area contributed by atoms with Crippen molar-refractivity contribution in [3.05, 3.63) is 23.2 Å². The van der Waals surface area contributed by atoms with E-state index in [-0.39, 0.29) is 11.9 Å². The molecule has 0 aliphatic rings. The van der Waals surface area contributed by atoms with Gasteiger partial charge in [-0.1, -0.05) is 6.92 Å². The molecular weight excluding hydrogens is 204 g/mol. The first kappa shape index (κ1) is 12.8. The maximum atomic E-state index is 11.5. The molecular formula is C12H20N2O2. The van der Waals surface area contributed by atoms with Gasteiger partial charge in [-0.05, 0) is 33.4 Å². The summed E-state index contributed by atoms with van der Waals surface area (Å²) in [5.74, 6) is 1.75. The van der Waals surface area contributed by atoms with Crippen molar-refractivity contribution in [2.24, 2.45) is 0 Å². The zero-order valence-electron chi connectivity index (χ0n) is 10.4. The van der Waals surface area contributed by atoms with Crippen molar-refractivity contribution in [3.8, 4) is 0 Å². The van der Waals surface area contributed by atoms with Crippen LogP contribution < -0.4 is 10.6 Å². The second kappa shape index (κ2) is 5.70. The highest BCUT2D eigenvalue weighted by atomic mass is 16.3. The van der Waals surface area contributed by atoms with Crippen molar-refractivity contribution >= 4 is 5.91 Å². The van der Waals surface area contributed by atoms with Crippen LogP contribution in [-0.4, -0.2) is 19.0 Å². The van der Waals surface area contributed by atoms with Gasteiger partial charge in [0.25, 0.3) is 0 Å². The molecule has 4 nitrogen and oxygen atoms in total. The van der Waals surface area contributed by atoms with Gasteiger partial charge in [0, 0.05) is 5.56 Å². The van der Waals surface area contributed by atoms with Crippen LogP contribution in [0.1, 0.15) is 37.0 Å². The van der Waals surface area contributed by atoms with E-state index in [9.17, 15) is 4.79 Å². The van der Waals surface area contributed by atoms with Gasteiger partial charge in [0.05, 0.1) is 12.6 Å². The number of carbonyl (C=O) groups is 1. The molecule has 0 aliphatic carbocycles. The molecule has 0 aromatic carbocycles. The second-order valence-corrected chi connectivity index (χ2v) is 3.94. The molecule has 2 N–H and O–H groups in total. The van der Waals surface area contributed by atoms with E-state index in [0.717, 1.165) is 23.6 Å². The van der Waals surface area contributed by atoms with E-state index >= 15 is 0 Å². The van der Waals surface area contributed by atoms with Crippen LogP contribution in [0.2, 0.25) is 0 Å². The molecule has 1 aromatic rings. The quantitative estimate of drug-likeness (QED) is 0.800. The number of hydrogen-bond donors (Lipinski definition) is 2. The van der Waals surface area contributed by atoms with E-state index in [0.29, 0.717) is 6.54 Å². The Kier molecular flexibility index (Phi) is 4.55. The molecule has 0 spiro atoms. The fraction of sp³-hybridized carbons (Fsp3) is 0.583. The molecule has 1 unspecified atom stereocenters. The third-order valence-corrected chi connectivity index (χ3v) is 2.46. The third kappa shape index (κ3) is 3.38. The number of furan rings is 1. The summed E-state index contributed by atoms with van der Waals surface area (Å²) in [4.78, 5) is 11.5. The molecule has 90 valence electrons. The summed E-state index contributed by atoms with van der Waals surface area (Å²) in [6, 6.07) is 1.96. The Labute approximate surface area is 96.4 Å². The van der Waals surface area contributed by atoms with Crippen LogP contribution >= 0.6 is 0 Å². The summed E-state index contributed by atoms with van der Waals surface area (Å²) >= 11 is 0. The number of hydrogen-bond acceptors (Lipinski definition) is 3. The van der Waals surface area contributed by atoms with Crippen LogP contribution in [0, 0.1) is 13.8 Å². The molecule has 0 radical (unpaired) electrons. The van der Waals surface area contributed by atoms with Gasteiger partial charge < -0.3 is 15.1 Å². The Hall–Kier alpha value is -1.29. The first-order valence-corrected chi connectivity index (χ1v) is 5.61. The lowest BCUT2D eigenvalue weighted by Gasteiger charge is -2.13. The van der Waals surface area contributed by atoms with E-state index in [2.05, 4.69) is 10.6 Å². The summed E-state index contributed by atoms with van der Waals surface area (Å²) in [5.41, 5.74) is 1.04. The molecule has 0 fully saturated rings. The smallest absolute Gasteiger partial charge is 0.234 e. The molecule has 0 bridgehead atoms. The largest absolute Gasteiger partial charge is 0.466 e. The van der Waals surface area contributed by atoms with Crippen molar-refractivity contribution in [1.29, 1.82) is 0 Å². The van der Waals surface area contributed by atoms with Crippen molar-refractivity contribution < 1.29 is 9.21 Å². The molecule has 0 saturated carbocycles. The van der Waals surface area contributed by atoms with Crippen LogP contribution in [0.4, 0.5) is 0 Å². The molecule has 1 heterocycles. The number of nitrogens with one attached hydrogen (secondary N) is 2. The molecule has 1 rings (SSSR count). The zero-order valence-corrected chi connectivity index (χ0v) is 10.4. The Morgan fingerprint density at radius 1 is 1.50 bits per heavy atom. The predicted octanol–water partition coefficient (Wildman–Crippen LogP) is 1.68. The van der Waals surface area contributed by atoms with Gasteiger partial charge in [-0.3, -0.25) is 4.79 Å². The summed E-state index contributed by atoms with van der Waals surface area (Å²) in [6.45, 7) is 8.91. The molecule has 1 aromatic heterocycles. The third-order valence-electron chi connectivity index (χ3n) is 2.46. The summed E-state index contributed by atoms with van der Waals surface area (Å²) in [7, 11) is 0. The van der Waals surface area contributed by atoms with E-state index < -0.39 is 0 Å². The van der Waals surface area contributed by atoms with Gasteiger partial charge in [0.1, 0.15) is 11.5 Å². The maximum Gasteiger partial charge on any atom is 0.234 e. The summed E-state index contributed by atoms with van der Waals surface area (Å²) in [5, 5.41) is 5.91. The van der Waals surface area contributed by atoms with E-state index in [1.54, 1.807) is 0 Å². The van der Waals surface area contributed by atoms with Gasteiger partial charge in [-0.25, -0.2) is 0 Å². The molecule has 1 atom stereocenters.